The Bertz CT molecular complexity index is 6.00. The molecular weight excluding hydrogens is 219 g/mol. The molecule has 0 rings (SSSR count). The first-order chi connectivity index (χ1) is 1.41. The van der Waals surface area contributed by atoms with E-state index < -0.39 is 0 Å². The number of hydrogen-bond acceptors (Lipinski definition) is 0. The molecule has 0 atom stereocenters. The molecule has 0 fully saturated rings. The first kappa shape index (κ1) is 9.02. The van der Waals surface area contributed by atoms with Gasteiger partial charge in [0.25, 0.3) is 0 Å². The Labute approximate surface area is 49.1 Å². The Morgan fingerprint density at radius 3 is 1.25 bits per heavy atom. The summed E-state index contributed by atoms with van der Waals surface area (Å²) in [6, 6.07) is 0. The Kier molecular flexibility index (Phi) is 19.9. The molecular formula is C2H7BrIn. The molecule has 0 aromatic carbocycles. The van der Waals surface area contributed by atoms with E-state index in [4.69, 9.17) is 0 Å². The van der Waals surface area contributed by atoms with E-state index in [2.05, 4.69) is 9.36 Å². The second-order valence-electron chi connectivity index (χ2n) is 0.577. The summed E-state index contributed by atoms with van der Waals surface area (Å²) >= 11 is 0.110. The van der Waals surface area contributed by atoms with E-state index >= 15 is 0 Å². The quantitative estimate of drug-likeness (QED) is 0.584. The molecule has 0 nitrogen and oxygen atoms in total. The fourth-order valence-electron chi connectivity index (χ4n) is 0. The molecule has 0 bridgehead atoms. The second-order valence-corrected chi connectivity index (χ2v) is 3.87. The average Bonchev–Trinajstić information content (AvgIpc) is 0.918. The predicted octanol–water partition coefficient (Wildman–Crippen LogP) is 1.36. The zero-order valence-corrected chi connectivity index (χ0v) is 7.99. The average molecular weight is 226 g/mol. The molecule has 0 aromatic heterocycles. The molecule has 0 aliphatic heterocycles. The van der Waals surface area contributed by atoms with Gasteiger partial charge in [0.15, 0.2) is 0 Å². The Morgan fingerprint density at radius 2 is 1.25 bits per heavy atom. The molecule has 2 heteroatoms. The van der Waals surface area contributed by atoms with E-state index in [0.717, 1.165) is 0 Å². The Morgan fingerprint density at radius 1 is 1.25 bits per heavy atom. The van der Waals surface area contributed by atoms with E-state index in [1.807, 2.05) is 0 Å². The summed E-state index contributed by atoms with van der Waals surface area (Å²) in [4.78, 5) is 0. The first-order valence-corrected chi connectivity index (χ1v) is 7.75. The van der Waals surface area contributed by atoms with Crippen LogP contribution in [0, 0.1) is 0 Å². The van der Waals surface area contributed by atoms with Crippen LogP contribution in [0.1, 0.15) is 0 Å². The standard InChI is InChI=1S/2CH3.BrH.In/h2*1H3;1H;. The van der Waals surface area contributed by atoms with Crippen LogP contribution in [0.15, 0.2) is 0 Å². The molecule has 0 saturated carbocycles. The van der Waals surface area contributed by atoms with Crippen LogP contribution in [0.3, 0.4) is 0 Å². The fraction of sp³-hybridized carbons (Fsp3) is 1.00. The van der Waals surface area contributed by atoms with Gasteiger partial charge >= 0.3 is 32.3 Å². The van der Waals surface area contributed by atoms with Gasteiger partial charge in [0.2, 0.25) is 0 Å². The normalized spacial score (nSPS) is 3.50. The number of halogens is 1. The van der Waals surface area contributed by atoms with Crippen molar-refractivity contribution < 1.29 is 0 Å². The zero-order valence-electron chi connectivity index (χ0n) is 2.99. The van der Waals surface area contributed by atoms with Gasteiger partial charge < -0.3 is 0 Å². The van der Waals surface area contributed by atoms with Gasteiger partial charge in [0.1, 0.15) is 0 Å². The van der Waals surface area contributed by atoms with Crippen LogP contribution in [0.4, 0.5) is 0 Å². The van der Waals surface area contributed by atoms with Crippen LogP contribution in [0.5, 0.6) is 0 Å². The number of rotatable bonds is 0. The maximum atomic E-state index is 2.32. The molecule has 25 valence electrons. The van der Waals surface area contributed by atoms with Crippen molar-refractivity contribution in [3.63, 3.8) is 0 Å². The van der Waals surface area contributed by atoms with E-state index in [1.165, 1.54) is 0 Å². The number of hydrogen-bond donors (Lipinski definition) is 0. The van der Waals surface area contributed by atoms with Crippen LogP contribution >= 0.6 is 17.0 Å². The van der Waals surface area contributed by atoms with Crippen molar-refractivity contribution in [2.75, 3.05) is 0 Å². The molecule has 0 spiro atoms. The summed E-state index contributed by atoms with van der Waals surface area (Å²) < 4.78 is 4.63. The maximum absolute atomic E-state index is 2.32. The predicted molar refractivity (Wildman–Crippen MR) is 27.8 cm³/mol. The molecule has 0 amide bonds. The summed E-state index contributed by atoms with van der Waals surface area (Å²) in [5.41, 5.74) is 0. The molecule has 0 aliphatic carbocycles. The molecule has 0 heterocycles. The molecule has 4 heavy (non-hydrogen) atoms. The third kappa shape index (κ3) is 10.2. The van der Waals surface area contributed by atoms with Gasteiger partial charge in [-0.3, -0.25) is 0 Å². The van der Waals surface area contributed by atoms with E-state index in [-0.39, 0.29) is 39.9 Å². The van der Waals surface area contributed by atoms with Crippen molar-refractivity contribution in [3.05, 3.63) is 0 Å². The molecule has 1 radical (unpaired) electrons. The minimum atomic E-state index is 0. The molecule has 0 aromatic rings. The van der Waals surface area contributed by atoms with E-state index in [0.29, 0.717) is 0 Å². The van der Waals surface area contributed by atoms with Crippen molar-refractivity contribution in [1.29, 1.82) is 0 Å². The van der Waals surface area contributed by atoms with E-state index in [9.17, 15) is 0 Å². The van der Waals surface area contributed by atoms with Gasteiger partial charge in [-0.15, -0.1) is 17.0 Å². The molecule has 0 aliphatic rings. The SMILES string of the molecule is Br.[CH3][In][CH3]. The van der Waals surface area contributed by atoms with Crippen molar-refractivity contribution in [3.8, 4) is 0 Å². The van der Waals surface area contributed by atoms with E-state index in [1.54, 1.807) is 0 Å². The van der Waals surface area contributed by atoms with Crippen LogP contribution < -0.4 is 0 Å². The third-order valence-corrected chi connectivity index (χ3v) is 0. The monoisotopic (exact) mass is 225 g/mol. The first-order valence-electron chi connectivity index (χ1n) is 1.15. The van der Waals surface area contributed by atoms with Gasteiger partial charge in [-0.2, -0.15) is 0 Å². The van der Waals surface area contributed by atoms with Crippen LogP contribution in [-0.2, 0) is 0 Å². The van der Waals surface area contributed by atoms with Gasteiger partial charge in [0.05, 0.1) is 0 Å². The third-order valence-electron chi connectivity index (χ3n) is 0. The van der Waals surface area contributed by atoms with Crippen molar-refractivity contribution in [1.82, 2.24) is 0 Å². The fourth-order valence-corrected chi connectivity index (χ4v) is 0. The second kappa shape index (κ2) is 8.84. The van der Waals surface area contributed by atoms with Crippen molar-refractivity contribution in [2.24, 2.45) is 0 Å². The van der Waals surface area contributed by atoms with Gasteiger partial charge in [-0.25, -0.2) is 0 Å². The summed E-state index contributed by atoms with van der Waals surface area (Å²) in [5, 5.41) is 0. The summed E-state index contributed by atoms with van der Waals surface area (Å²) in [7, 11) is 0. The Hall–Kier alpha value is 1.35. The van der Waals surface area contributed by atoms with Gasteiger partial charge in [-0.1, -0.05) is 0 Å². The molecule has 0 N–H and O–H groups in total. The summed E-state index contributed by atoms with van der Waals surface area (Å²) in [6.45, 7) is 0. The summed E-state index contributed by atoms with van der Waals surface area (Å²) in [5.74, 6) is 0. The van der Waals surface area contributed by atoms with Crippen LogP contribution in [0.2, 0.25) is 9.36 Å². The topological polar surface area (TPSA) is 0 Å². The minimum absolute atomic E-state index is 0. The van der Waals surface area contributed by atoms with Crippen molar-refractivity contribution >= 4 is 39.9 Å². The molecule has 0 saturated heterocycles. The van der Waals surface area contributed by atoms with Gasteiger partial charge in [0, 0.05) is 0 Å². The van der Waals surface area contributed by atoms with Crippen LogP contribution in [-0.4, -0.2) is 22.9 Å². The Balaban J connectivity index is 0. The van der Waals surface area contributed by atoms with Crippen molar-refractivity contribution in [2.45, 2.75) is 9.36 Å². The molecule has 0 unspecified atom stereocenters. The van der Waals surface area contributed by atoms with Crippen LogP contribution in [0.25, 0.3) is 0 Å². The van der Waals surface area contributed by atoms with Gasteiger partial charge in [-0.05, 0) is 0 Å². The summed E-state index contributed by atoms with van der Waals surface area (Å²) in [6.07, 6.45) is 0. The zero-order chi connectivity index (χ0) is 2.71.